The lowest BCUT2D eigenvalue weighted by atomic mass is 10.0. The fraction of sp³-hybridized carbons (Fsp3) is 0.500. The monoisotopic (exact) mass is 619 g/mol. The molecule has 5 nitrogen and oxygen atoms in total. The first-order valence-electron chi connectivity index (χ1n) is 16.4. The zero-order valence-electron chi connectivity index (χ0n) is 25.5. The summed E-state index contributed by atoms with van der Waals surface area (Å²) in [5, 5.41) is 1.65. The van der Waals surface area contributed by atoms with Gasteiger partial charge in [0.1, 0.15) is 0 Å². The minimum Gasteiger partial charge on any atom is -0.369 e. The van der Waals surface area contributed by atoms with Crippen molar-refractivity contribution in [3.8, 4) is 0 Å². The van der Waals surface area contributed by atoms with E-state index < -0.39 is 0 Å². The number of hydrogen-bond acceptors (Lipinski definition) is 5. The molecule has 3 aliphatic heterocycles. The third-order valence-electron chi connectivity index (χ3n) is 9.67. The molecule has 3 aliphatic rings. The van der Waals surface area contributed by atoms with Crippen LogP contribution in [0.25, 0.3) is 0 Å². The Morgan fingerprint density at radius 1 is 0.558 bits per heavy atom. The maximum absolute atomic E-state index is 6.22. The summed E-state index contributed by atoms with van der Waals surface area (Å²) in [6.07, 6.45) is 7.63. The third-order valence-corrected chi connectivity index (χ3v) is 10.1. The number of unbranched alkanes of at least 4 members (excludes halogenated alkanes) is 2. The predicted octanol–water partition coefficient (Wildman–Crippen LogP) is 7.32. The van der Waals surface area contributed by atoms with Gasteiger partial charge in [0.25, 0.3) is 0 Å². The summed E-state index contributed by atoms with van der Waals surface area (Å²) in [5.41, 5.74) is 5.54. The molecule has 0 N–H and O–H groups in total. The van der Waals surface area contributed by atoms with E-state index >= 15 is 0 Å². The molecule has 0 spiro atoms. The molecule has 1 atom stereocenters. The van der Waals surface area contributed by atoms with Gasteiger partial charge in [-0.25, -0.2) is 0 Å². The molecule has 2 saturated heterocycles. The van der Waals surface area contributed by atoms with Gasteiger partial charge in [-0.1, -0.05) is 60.0 Å². The number of hydrogen-bond donors (Lipinski definition) is 0. The Labute approximate surface area is 269 Å². The lowest BCUT2D eigenvalue weighted by Crippen LogP contribution is -2.46. The van der Waals surface area contributed by atoms with E-state index in [1.54, 1.807) is 5.56 Å². The van der Waals surface area contributed by atoms with Gasteiger partial charge in [-0.2, -0.15) is 0 Å². The topological polar surface area (TPSA) is 16.2 Å². The molecule has 0 aromatic heterocycles. The number of anilines is 3. The highest BCUT2D eigenvalue weighted by molar-refractivity contribution is 6.31. The van der Waals surface area contributed by atoms with Gasteiger partial charge >= 0.3 is 0 Å². The predicted molar refractivity (Wildman–Crippen MR) is 185 cm³/mol. The van der Waals surface area contributed by atoms with Crippen LogP contribution in [0.5, 0.6) is 0 Å². The summed E-state index contributed by atoms with van der Waals surface area (Å²) in [6.45, 7) is 12.5. The van der Waals surface area contributed by atoms with Gasteiger partial charge in [0.05, 0.1) is 0 Å². The molecule has 43 heavy (non-hydrogen) atoms. The summed E-state index contributed by atoms with van der Waals surface area (Å²) in [7, 11) is 0. The van der Waals surface area contributed by atoms with Crippen LogP contribution >= 0.6 is 23.2 Å². The van der Waals surface area contributed by atoms with Crippen molar-refractivity contribution >= 4 is 40.3 Å². The Morgan fingerprint density at radius 2 is 1.09 bits per heavy atom. The molecule has 7 heteroatoms. The molecule has 0 amide bonds. The van der Waals surface area contributed by atoms with Crippen molar-refractivity contribution in [2.24, 2.45) is 0 Å². The first-order valence-corrected chi connectivity index (χ1v) is 17.2. The molecule has 0 bridgehead atoms. The van der Waals surface area contributed by atoms with Crippen LogP contribution in [0.15, 0.2) is 72.8 Å². The molecule has 2 fully saturated rings. The zero-order valence-corrected chi connectivity index (χ0v) is 27.0. The van der Waals surface area contributed by atoms with Gasteiger partial charge in [0.15, 0.2) is 0 Å². The van der Waals surface area contributed by atoms with Crippen molar-refractivity contribution in [3.63, 3.8) is 0 Å². The Kier molecular flexibility index (Phi) is 10.7. The fourth-order valence-corrected chi connectivity index (χ4v) is 7.59. The van der Waals surface area contributed by atoms with Crippen molar-refractivity contribution in [1.29, 1.82) is 0 Å². The molecule has 0 saturated carbocycles. The van der Waals surface area contributed by atoms with E-state index in [9.17, 15) is 0 Å². The summed E-state index contributed by atoms with van der Waals surface area (Å²) >= 11 is 12.4. The summed E-state index contributed by atoms with van der Waals surface area (Å²) in [4.78, 5) is 13.0. The third kappa shape index (κ3) is 8.19. The zero-order chi connectivity index (χ0) is 29.4. The van der Waals surface area contributed by atoms with E-state index in [1.165, 1.54) is 75.2 Å². The molecule has 3 heterocycles. The van der Waals surface area contributed by atoms with Gasteiger partial charge in [0, 0.05) is 92.1 Å². The Hall–Kier alpha value is -2.44. The van der Waals surface area contributed by atoms with Crippen LogP contribution in [-0.2, 0) is 6.42 Å². The second kappa shape index (κ2) is 15.0. The van der Waals surface area contributed by atoms with Crippen molar-refractivity contribution in [2.75, 3.05) is 86.7 Å². The summed E-state index contributed by atoms with van der Waals surface area (Å²) in [6, 6.07) is 26.3. The summed E-state index contributed by atoms with van der Waals surface area (Å²) in [5.74, 6) is 0. The van der Waals surface area contributed by atoms with Gasteiger partial charge in [-0.05, 0) is 93.2 Å². The molecular formula is C36H47Cl2N5. The van der Waals surface area contributed by atoms with Gasteiger partial charge in [0.2, 0.25) is 0 Å². The summed E-state index contributed by atoms with van der Waals surface area (Å²) < 4.78 is 0. The maximum Gasteiger partial charge on any atom is 0.0426 e. The molecule has 3 aromatic carbocycles. The molecule has 0 radical (unpaired) electrons. The Morgan fingerprint density at radius 3 is 1.67 bits per heavy atom. The van der Waals surface area contributed by atoms with Crippen LogP contribution in [0.1, 0.15) is 37.7 Å². The van der Waals surface area contributed by atoms with E-state index in [0.29, 0.717) is 6.04 Å². The van der Waals surface area contributed by atoms with Crippen molar-refractivity contribution < 1.29 is 0 Å². The lowest BCUT2D eigenvalue weighted by Gasteiger charge is -2.36. The smallest absolute Gasteiger partial charge is 0.0426 e. The van der Waals surface area contributed by atoms with Crippen molar-refractivity contribution in [2.45, 2.75) is 44.6 Å². The van der Waals surface area contributed by atoms with Crippen molar-refractivity contribution in [3.05, 3.63) is 88.4 Å². The SMILES string of the molecule is Clc1cccc(N2CCN(CCCCC3Cc4ccccc4N3CCCCN3CCN(c4cccc(Cl)c4)CC3)CC2)c1. The van der Waals surface area contributed by atoms with E-state index in [0.717, 1.165) is 62.4 Å². The second-order valence-electron chi connectivity index (χ2n) is 12.5. The van der Waals surface area contributed by atoms with Crippen LogP contribution in [0.4, 0.5) is 17.1 Å². The highest BCUT2D eigenvalue weighted by atomic mass is 35.5. The normalized spacial score (nSPS) is 19.7. The fourth-order valence-electron chi connectivity index (χ4n) is 7.22. The molecule has 3 aromatic rings. The minimum atomic E-state index is 0.651. The number of halogens is 2. The second-order valence-corrected chi connectivity index (χ2v) is 13.4. The quantitative estimate of drug-likeness (QED) is 0.197. The minimum absolute atomic E-state index is 0.651. The van der Waals surface area contributed by atoms with Gasteiger partial charge in [-0.15, -0.1) is 0 Å². The van der Waals surface area contributed by atoms with Gasteiger partial charge < -0.3 is 14.7 Å². The highest BCUT2D eigenvalue weighted by Gasteiger charge is 2.28. The highest BCUT2D eigenvalue weighted by Crippen LogP contribution is 2.34. The van der Waals surface area contributed by atoms with E-state index in [1.807, 2.05) is 12.1 Å². The Bertz CT molecular complexity index is 1300. The van der Waals surface area contributed by atoms with Crippen LogP contribution in [0.3, 0.4) is 0 Å². The number of piperazine rings is 2. The molecule has 230 valence electrons. The van der Waals surface area contributed by atoms with E-state index in [2.05, 4.69) is 85.2 Å². The van der Waals surface area contributed by atoms with E-state index in [-0.39, 0.29) is 0 Å². The van der Waals surface area contributed by atoms with Crippen molar-refractivity contribution in [1.82, 2.24) is 9.80 Å². The Balaban J connectivity index is 0.901. The maximum atomic E-state index is 6.22. The van der Waals surface area contributed by atoms with E-state index in [4.69, 9.17) is 23.2 Å². The largest absolute Gasteiger partial charge is 0.369 e. The van der Waals surface area contributed by atoms with Crippen LogP contribution in [0, 0.1) is 0 Å². The molecule has 1 unspecified atom stereocenters. The number of fused-ring (bicyclic) bond motifs is 1. The van der Waals surface area contributed by atoms with Crippen LogP contribution in [-0.4, -0.2) is 87.8 Å². The van der Waals surface area contributed by atoms with Crippen LogP contribution < -0.4 is 14.7 Å². The molecule has 6 rings (SSSR count). The number of nitrogens with zero attached hydrogens (tertiary/aromatic N) is 5. The van der Waals surface area contributed by atoms with Gasteiger partial charge in [-0.3, -0.25) is 9.80 Å². The van der Waals surface area contributed by atoms with Crippen LogP contribution in [0.2, 0.25) is 10.0 Å². The number of rotatable bonds is 12. The molecule has 0 aliphatic carbocycles. The average Bonchev–Trinajstić information content (AvgIpc) is 3.39. The lowest BCUT2D eigenvalue weighted by molar-refractivity contribution is 0.250. The number of para-hydroxylation sites is 1. The number of benzene rings is 3. The standard InChI is InChI=1S/C36H47Cl2N5/c37-31-10-7-13-33(28-31)41-23-19-39(20-24-41)16-4-3-12-35-27-30-9-1-2-15-36(30)43(35)18-6-5-17-40-21-25-42(26-22-40)34-14-8-11-32(38)29-34/h1-2,7-11,13-15,28-29,35H,3-6,12,16-27H2. The first-order chi connectivity index (χ1) is 21.1. The first kappa shape index (κ1) is 30.6. The average molecular weight is 621 g/mol. The molecular weight excluding hydrogens is 573 g/mol.